The van der Waals surface area contributed by atoms with Crippen molar-refractivity contribution in [2.75, 3.05) is 6.54 Å². The van der Waals surface area contributed by atoms with Crippen molar-refractivity contribution in [2.45, 2.75) is 26.4 Å². The third-order valence-corrected chi connectivity index (χ3v) is 3.33. The van der Waals surface area contributed by atoms with Gasteiger partial charge in [0.2, 0.25) is 0 Å². The Balaban J connectivity index is 2.86. The van der Waals surface area contributed by atoms with Gasteiger partial charge in [-0.3, -0.25) is 9.69 Å². The fraction of sp³-hybridized carbons (Fsp3) is 0.417. The number of aliphatic carboxylic acids is 1. The van der Waals surface area contributed by atoms with Crippen LogP contribution in [0.2, 0.25) is 10.0 Å². The molecular weight excluding hydrogens is 261 g/mol. The van der Waals surface area contributed by atoms with Crippen LogP contribution in [0.15, 0.2) is 18.2 Å². The minimum absolute atomic E-state index is 0.0134. The Morgan fingerprint density at radius 2 is 2.06 bits per heavy atom. The Bertz CT molecular complexity index is 407. The first-order valence-electron chi connectivity index (χ1n) is 5.30. The van der Waals surface area contributed by atoms with Crippen molar-refractivity contribution < 1.29 is 9.90 Å². The Hall–Kier alpha value is -0.770. The number of halogens is 2. The highest BCUT2D eigenvalue weighted by atomic mass is 35.5. The van der Waals surface area contributed by atoms with Gasteiger partial charge in [0.1, 0.15) is 0 Å². The van der Waals surface area contributed by atoms with E-state index in [1.165, 1.54) is 0 Å². The van der Waals surface area contributed by atoms with Gasteiger partial charge in [0.15, 0.2) is 0 Å². The Kier molecular flexibility index (Phi) is 5.25. The summed E-state index contributed by atoms with van der Waals surface area (Å²) in [6, 6.07) is 5.50. The lowest BCUT2D eigenvalue weighted by molar-refractivity contribution is -0.138. The van der Waals surface area contributed by atoms with E-state index in [4.69, 9.17) is 28.3 Å². The maximum atomic E-state index is 10.8. The maximum Gasteiger partial charge on any atom is 0.317 e. The number of benzene rings is 1. The van der Waals surface area contributed by atoms with Gasteiger partial charge in [-0.25, -0.2) is 0 Å². The van der Waals surface area contributed by atoms with E-state index in [-0.39, 0.29) is 12.6 Å². The highest BCUT2D eigenvalue weighted by Crippen LogP contribution is 2.26. The van der Waals surface area contributed by atoms with Gasteiger partial charge in [-0.05, 0) is 25.5 Å². The molecule has 0 saturated carbocycles. The molecule has 5 heteroatoms. The summed E-state index contributed by atoms with van der Waals surface area (Å²) in [5, 5.41) is 9.81. The summed E-state index contributed by atoms with van der Waals surface area (Å²) in [5.74, 6) is -0.850. The standard InChI is InChI=1S/C12H15Cl2NO2/c1-8(2)15(7-11(16)17)6-9-4-3-5-10(13)12(9)14/h3-5,8H,6-7H2,1-2H3,(H,16,17). The van der Waals surface area contributed by atoms with Crippen molar-refractivity contribution in [1.29, 1.82) is 0 Å². The van der Waals surface area contributed by atoms with E-state index < -0.39 is 5.97 Å². The molecule has 0 atom stereocenters. The van der Waals surface area contributed by atoms with Gasteiger partial charge in [0, 0.05) is 12.6 Å². The fourth-order valence-electron chi connectivity index (χ4n) is 1.48. The summed E-state index contributed by atoms with van der Waals surface area (Å²) in [5.41, 5.74) is 0.842. The highest BCUT2D eigenvalue weighted by molar-refractivity contribution is 6.42. The van der Waals surface area contributed by atoms with Crippen molar-refractivity contribution in [2.24, 2.45) is 0 Å². The molecule has 0 unspecified atom stereocenters. The van der Waals surface area contributed by atoms with Crippen molar-refractivity contribution in [3.05, 3.63) is 33.8 Å². The van der Waals surface area contributed by atoms with Gasteiger partial charge in [0.05, 0.1) is 16.6 Å². The molecule has 94 valence electrons. The van der Waals surface area contributed by atoms with E-state index in [2.05, 4.69) is 0 Å². The van der Waals surface area contributed by atoms with Crippen LogP contribution in [0.1, 0.15) is 19.4 Å². The fourth-order valence-corrected chi connectivity index (χ4v) is 1.86. The third-order valence-electron chi connectivity index (χ3n) is 2.47. The number of carbonyl (C=O) groups is 1. The number of hydrogen-bond donors (Lipinski definition) is 1. The van der Waals surface area contributed by atoms with Crippen LogP contribution in [0.3, 0.4) is 0 Å². The van der Waals surface area contributed by atoms with Crippen molar-refractivity contribution >= 4 is 29.2 Å². The summed E-state index contributed by atoms with van der Waals surface area (Å²) < 4.78 is 0. The van der Waals surface area contributed by atoms with E-state index in [1.54, 1.807) is 6.07 Å². The number of carboxylic acid groups (broad SMARTS) is 1. The normalized spacial score (nSPS) is 11.2. The first-order chi connectivity index (χ1) is 7.91. The average Bonchev–Trinajstić information content (AvgIpc) is 2.22. The minimum atomic E-state index is -0.850. The smallest absolute Gasteiger partial charge is 0.317 e. The molecule has 0 aliphatic carbocycles. The number of nitrogens with zero attached hydrogens (tertiary/aromatic N) is 1. The Morgan fingerprint density at radius 3 is 2.59 bits per heavy atom. The van der Waals surface area contributed by atoms with Gasteiger partial charge >= 0.3 is 5.97 Å². The second-order valence-electron chi connectivity index (χ2n) is 4.11. The molecule has 1 aromatic carbocycles. The van der Waals surface area contributed by atoms with E-state index in [1.807, 2.05) is 30.9 Å². The third kappa shape index (κ3) is 4.19. The lowest BCUT2D eigenvalue weighted by atomic mass is 10.2. The largest absolute Gasteiger partial charge is 0.480 e. The molecule has 1 N–H and O–H groups in total. The van der Waals surface area contributed by atoms with E-state index in [0.717, 1.165) is 5.56 Å². The van der Waals surface area contributed by atoms with Crippen LogP contribution in [-0.4, -0.2) is 28.6 Å². The maximum absolute atomic E-state index is 10.8. The molecule has 0 aliphatic heterocycles. The number of hydrogen-bond acceptors (Lipinski definition) is 2. The highest BCUT2D eigenvalue weighted by Gasteiger charge is 2.15. The first kappa shape index (κ1) is 14.3. The molecule has 0 radical (unpaired) electrons. The van der Waals surface area contributed by atoms with Crippen LogP contribution in [0.5, 0.6) is 0 Å². The Labute approximate surface area is 111 Å². The monoisotopic (exact) mass is 275 g/mol. The minimum Gasteiger partial charge on any atom is -0.480 e. The second kappa shape index (κ2) is 6.24. The van der Waals surface area contributed by atoms with E-state index in [0.29, 0.717) is 16.6 Å². The molecule has 0 fully saturated rings. The van der Waals surface area contributed by atoms with Crippen LogP contribution in [0, 0.1) is 0 Å². The van der Waals surface area contributed by atoms with Crippen molar-refractivity contribution in [1.82, 2.24) is 4.90 Å². The average molecular weight is 276 g/mol. The lowest BCUT2D eigenvalue weighted by Crippen LogP contribution is -2.35. The van der Waals surface area contributed by atoms with Crippen molar-refractivity contribution in [3.8, 4) is 0 Å². The van der Waals surface area contributed by atoms with Crippen LogP contribution in [-0.2, 0) is 11.3 Å². The molecule has 0 saturated heterocycles. The molecule has 0 aromatic heterocycles. The molecule has 0 amide bonds. The van der Waals surface area contributed by atoms with Gasteiger partial charge < -0.3 is 5.11 Å². The molecule has 1 aromatic rings. The topological polar surface area (TPSA) is 40.5 Å². The molecule has 17 heavy (non-hydrogen) atoms. The predicted octanol–water partition coefficient (Wildman–Crippen LogP) is 3.29. The van der Waals surface area contributed by atoms with Crippen LogP contribution >= 0.6 is 23.2 Å². The van der Waals surface area contributed by atoms with Gasteiger partial charge in [-0.1, -0.05) is 35.3 Å². The quantitative estimate of drug-likeness (QED) is 0.897. The van der Waals surface area contributed by atoms with Crippen LogP contribution in [0.4, 0.5) is 0 Å². The van der Waals surface area contributed by atoms with Crippen LogP contribution < -0.4 is 0 Å². The molecular formula is C12H15Cl2NO2. The summed E-state index contributed by atoms with van der Waals surface area (Å²) in [4.78, 5) is 12.6. The number of rotatable bonds is 5. The molecule has 0 heterocycles. The van der Waals surface area contributed by atoms with Crippen LogP contribution in [0.25, 0.3) is 0 Å². The first-order valence-corrected chi connectivity index (χ1v) is 6.06. The molecule has 1 rings (SSSR count). The number of carboxylic acids is 1. The lowest BCUT2D eigenvalue weighted by Gasteiger charge is -2.25. The Morgan fingerprint density at radius 1 is 1.41 bits per heavy atom. The molecule has 0 spiro atoms. The predicted molar refractivity (Wildman–Crippen MR) is 69.6 cm³/mol. The van der Waals surface area contributed by atoms with Gasteiger partial charge in [-0.2, -0.15) is 0 Å². The molecule has 0 aliphatic rings. The molecule has 3 nitrogen and oxygen atoms in total. The molecule has 0 bridgehead atoms. The van der Waals surface area contributed by atoms with Crippen molar-refractivity contribution in [3.63, 3.8) is 0 Å². The summed E-state index contributed by atoms with van der Waals surface area (Å²) in [6.07, 6.45) is 0. The zero-order valence-corrected chi connectivity index (χ0v) is 11.3. The zero-order valence-electron chi connectivity index (χ0n) is 9.78. The van der Waals surface area contributed by atoms with E-state index >= 15 is 0 Å². The van der Waals surface area contributed by atoms with Gasteiger partial charge in [-0.15, -0.1) is 0 Å². The van der Waals surface area contributed by atoms with E-state index in [9.17, 15) is 4.79 Å². The summed E-state index contributed by atoms with van der Waals surface area (Å²) in [7, 11) is 0. The van der Waals surface area contributed by atoms with Gasteiger partial charge in [0.25, 0.3) is 0 Å². The summed E-state index contributed by atoms with van der Waals surface area (Å²) in [6.45, 7) is 4.35. The second-order valence-corrected chi connectivity index (χ2v) is 4.89. The summed E-state index contributed by atoms with van der Waals surface area (Å²) >= 11 is 12.0. The zero-order chi connectivity index (χ0) is 13.0. The SMILES string of the molecule is CC(C)N(CC(=O)O)Cc1cccc(Cl)c1Cl.